The van der Waals surface area contributed by atoms with E-state index in [0.29, 0.717) is 45.9 Å². The summed E-state index contributed by atoms with van der Waals surface area (Å²) in [7, 11) is 0. The second-order valence-corrected chi connectivity index (χ2v) is 9.68. The average Bonchev–Trinajstić information content (AvgIpc) is 2.99. The van der Waals surface area contributed by atoms with Crippen LogP contribution in [0.25, 0.3) is 0 Å². The minimum atomic E-state index is -2.76. The molecule has 1 aliphatic heterocycles. The fourth-order valence-electron chi connectivity index (χ4n) is 3.97. The lowest BCUT2D eigenvalue weighted by Crippen LogP contribution is -2.29. The fourth-order valence-corrected chi connectivity index (χ4v) is 3.97. The van der Waals surface area contributed by atoms with Crippen molar-refractivity contribution in [2.24, 2.45) is 16.8 Å². The number of alkyl halides is 2. The highest BCUT2D eigenvalue weighted by atomic mass is 19.3. The summed E-state index contributed by atoms with van der Waals surface area (Å²) in [4.78, 5) is 4.39. The van der Waals surface area contributed by atoms with Crippen LogP contribution in [-0.4, -0.2) is 24.7 Å². The van der Waals surface area contributed by atoms with E-state index in [1.807, 2.05) is 0 Å². The van der Waals surface area contributed by atoms with Gasteiger partial charge in [-0.05, 0) is 85.6 Å². The SMILES string of the molecule is C=C/C=C(C#N)\C=C(/C=C)C(C)/C=C(\C1=C(C(=C)CC[C@@H](C)NCC(C)C)C(=C)C=CN=C1C)C(F)F. The van der Waals surface area contributed by atoms with Crippen molar-refractivity contribution >= 4 is 5.71 Å². The molecule has 0 saturated heterocycles. The van der Waals surface area contributed by atoms with E-state index in [2.05, 4.69) is 63.5 Å². The first kappa shape index (κ1) is 31.7. The molecule has 1 unspecified atom stereocenters. The van der Waals surface area contributed by atoms with Gasteiger partial charge in [0.05, 0.1) is 11.6 Å². The van der Waals surface area contributed by atoms with Crippen LogP contribution >= 0.6 is 0 Å². The second kappa shape index (κ2) is 15.7. The van der Waals surface area contributed by atoms with Gasteiger partial charge in [-0.15, -0.1) is 0 Å². The molecule has 1 rings (SSSR count). The third-order valence-corrected chi connectivity index (χ3v) is 6.05. The van der Waals surface area contributed by atoms with Gasteiger partial charge in [0.2, 0.25) is 0 Å². The summed E-state index contributed by atoms with van der Waals surface area (Å²) in [6.45, 7) is 26.7. The van der Waals surface area contributed by atoms with E-state index in [-0.39, 0.29) is 11.6 Å². The molecule has 5 heteroatoms. The summed E-state index contributed by atoms with van der Waals surface area (Å²) in [5, 5.41) is 12.9. The molecule has 0 aliphatic carbocycles. The average molecular weight is 506 g/mol. The summed E-state index contributed by atoms with van der Waals surface area (Å²) in [5.74, 6) is 0.0972. The Morgan fingerprint density at radius 2 is 1.86 bits per heavy atom. The zero-order chi connectivity index (χ0) is 28.1. The minimum Gasteiger partial charge on any atom is -0.314 e. The monoisotopic (exact) mass is 505 g/mol. The quantitative estimate of drug-likeness (QED) is 0.190. The molecule has 0 aromatic heterocycles. The van der Waals surface area contributed by atoms with E-state index >= 15 is 0 Å². The molecule has 2 atom stereocenters. The molecular weight excluding hydrogens is 464 g/mol. The first-order chi connectivity index (χ1) is 17.5. The Labute approximate surface area is 222 Å². The molecule has 1 N–H and O–H groups in total. The maximum absolute atomic E-state index is 14.7. The van der Waals surface area contributed by atoms with Crippen molar-refractivity contribution < 1.29 is 8.78 Å². The zero-order valence-electron chi connectivity index (χ0n) is 23.0. The summed E-state index contributed by atoms with van der Waals surface area (Å²) in [6.07, 6.45) is 9.81. The Bertz CT molecular complexity index is 1100. The molecule has 0 aromatic rings. The predicted octanol–water partition coefficient (Wildman–Crippen LogP) is 8.37. The molecule has 198 valence electrons. The van der Waals surface area contributed by atoms with E-state index in [0.717, 1.165) is 18.5 Å². The van der Waals surface area contributed by atoms with Crippen molar-refractivity contribution in [1.82, 2.24) is 5.32 Å². The van der Waals surface area contributed by atoms with Crippen molar-refractivity contribution in [3.63, 3.8) is 0 Å². The Balaban J connectivity index is 3.57. The Morgan fingerprint density at radius 3 is 2.41 bits per heavy atom. The lowest BCUT2D eigenvalue weighted by atomic mass is 9.84. The lowest BCUT2D eigenvalue weighted by molar-refractivity contribution is 0.192. The van der Waals surface area contributed by atoms with Crippen molar-refractivity contribution in [1.29, 1.82) is 5.26 Å². The second-order valence-electron chi connectivity index (χ2n) is 9.68. The molecule has 1 aliphatic rings. The van der Waals surface area contributed by atoms with E-state index in [9.17, 15) is 14.0 Å². The molecule has 0 radical (unpaired) electrons. The van der Waals surface area contributed by atoms with E-state index in [4.69, 9.17) is 0 Å². The van der Waals surface area contributed by atoms with Crippen LogP contribution in [0.15, 0.2) is 113 Å². The van der Waals surface area contributed by atoms with Gasteiger partial charge in [-0.2, -0.15) is 5.26 Å². The molecule has 0 fully saturated rings. The third kappa shape index (κ3) is 9.90. The smallest absolute Gasteiger partial charge is 0.264 e. The van der Waals surface area contributed by atoms with Crippen LogP contribution in [0.5, 0.6) is 0 Å². The first-order valence-electron chi connectivity index (χ1n) is 12.6. The van der Waals surface area contributed by atoms with Crippen molar-refractivity contribution in [2.75, 3.05) is 6.54 Å². The molecule has 0 saturated carbocycles. The normalized spacial score (nSPS) is 16.9. The molecule has 0 spiro atoms. The highest BCUT2D eigenvalue weighted by Gasteiger charge is 2.26. The van der Waals surface area contributed by atoms with Crippen LogP contribution in [0.1, 0.15) is 47.5 Å². The molecule has 1 heterocycles. The van der Waals surface area contributed by atoms with Gasteiger partial charge in [0.25, 0.3) is 6.43 Å². The number of nitrogens with zero attached hydrogens (tertiary/aromatic N) is 2. The van der Waals surface area contributed by atoms with E-state index in [1.54, 1.807) is 44.4 Å². The van der Waals surface area contributed by atoms with Crippen LogP contribution in [0.4, 0.5) is 8.78 Å². The lowest BCUT2D eigenvalue weighted by Gasteiger charge is -2.22. The number of nitrogens with one attached hydrogen (secondary N) is 1. The molecule has 0 amide bonds. The number of allylic oxidation sites excluding steroid dienone is 13. The van der Waals surface area contributed by atoms with Gasteiger partial charge >= 0.3 is 0 Å². The molecular formula is C32H41F2N3. The number of hydrogen-bond acceptors (Lipinski definition) is 3. The predicted molar refractivity (Wildman–Crippen MR) is 155 cm³/mol. The number of nitriles is 1. The van der Waals surface area contributed by atoms with Gasteiger partial charge in [0.15, 0.2) is 0 Å². The molecule has 0 aromatic carbocycles. The van der Waals surface area contributed by atoms with Gasteiger partial charge in [-0.25, -0.2) is 8.78 Å². The standard InChI is InChI=1S/C32H41F2N3/c1-10-12-27(19-35)18-28(11-2)24(7)17-29(32(33)34)31-26(9)36-16-15-23(6)30(31)22(5)13-14-25(8)37-20-21(3)4/h10-12,15-18,21,24-25,32,37H,1-2,5-6,13-14,20H2,3-4,7-9H3/b27-12+,28-18+,29-17+/t24?,25-/m1/s1. The maximum Gasteiger partial charge on any atom is 0.264 e. The number of rotatable bonds is 14. The van der Waals surface area contributed by atoms with Crippen LogP contribution in [-0.2, 0) is 0 Å². The van der Waals surface area contributed by atoms with Gasteiger partial charge in [-0.1, -0.05) is 65.3 Å². The van der Waals surface area contributed by atoms with E-state index < -0.39 is 12.3 Å². The molecule has 37 heavy (non-hydrogen) atoms. The highest BCUT2D eigenvalue weighted by Crippen LogP contribution is 2.35. The first-order valence-corrected chi connectivity index (χ1v) is 12.6. The summed E-state index contributed by atoms with van der Waals surface area (Å²) in [6, 6.07) is 2.34. The van der Waals surface area contributed by atoms with Crippen molar-refractivity contribution in [2.45, 2.75) is 59.9 Å². The maximum atomic E-state index is 14.7. The summed E-state index contributed by atoms with van der Waals surface area (Å²) >= 11 is 0. The van der Waals surface area contributed by atoms with Gasteiger partial charge in [-0.3, -0.25) is 4.99 Å². The molecule has 3 nitrogen and oxygen atoms in total. The topological polar surface area (TPSA) is 48.2 Å². The minimum absolute atomic E-state index is 0.139. The highest BCUT2D eigenvalue weighted by molar-refractivity contribution is 6.05. The third-order valence-electron chi connectivity index (χ3n) is 6.05. The Kier molecular flexibility index (Phi) is 13.4. The Hall–Kier alpha value is -3.36. The molecule has 0 bridgehead atoms. The van der Waals surface area contributed by atoms with Crippen molar-refractivity contribution in [3.8, 4) is 6.07 Å². The summed E-state index contributed by atoms with van der Waals surface area (Å²) < 4.78 is 29.3. The van der Waals surface area contributed by atoms with Gasteiger partial charge in [0.1, 0.15) is 0 Å². The summed E-state index contributed by atoms with van der Waals surface area (Å²) in [5.41, 5.74) is 3.65. The number of halogens is 2. The largest absolute Gasteiger partial charge is 0.314 e. The Morgan fingerprint density at radius 1 is 1.19 bits per heavy atom. The van der Waals surface area contributed by atoms with Crippen molar-refractivity contribution in [3.05, 3.63) is 108 Å². The number of hydrogen-bond donors (Lipinski definition) is 1. The number of aliphatic imine (C=N–C) groups is 1. The van der Waals surface area contributed by atoms with Crippen LogP contribution in [0, 0.1) is 23.2 Å². The van der Waals surface area contributed by atoms with Gasteiger partial charge in [0, 0.05) is 29.1 Å². The van der Waals surface area contributed by atoms with Crippen LogP contribution in [0.2, 0.25) is 0 Å². The fraction of sp³-hybridized carbons (Fsp3) is 0.375. The van der Waals surface area contributed by atoms with E-state index in [1.165, 1.54) is 12.2 Å². The van der Waals surface area contributed by atoms with Crippen LogP contribution in [0.3, 0.4) is 0 Å². The zero-order valence-corrected chi connectivity index (χ0v) is 23.0. The van der Waals surface area contributed by atoms with Crippen LogP contribution < -0.4 is 5.32 Å². The van der Waals surface area contributed by atoms with Gasteiger partial charge < -0.3 is 5.32 Å².